The standard InChI is InChI=1S/C14H18N4O3/c19-12-11(15-9-3-6-21-7-10(9)16-12)17-18-13(20)14(4-5-14)8-1-2-8/h8H,1-7H2,(H,15,17)(H,16,19)(H,18,20). The predicted molar refractivity (Wildman–Crippen MR) is 74.4 cm³/mol. The summed E-state index contributed by atoms with van der Waals surface area (Å²) in [5, 5.41) is 0. The molecule has 2 fully saturated rings. The van der Waals surface area contributed by atoms with Crippen molar-refractivity contribution in [3.8, 4) is 0 Å². The molecule has 2 heterocycles. The molecule has 7 heteroatoms. The Kier molecular flexibility index (Phi) is 2.78. The number of carbonyl (C=O) groups excluding carboxylic acids is 1. The van der Waals surface area contributed by atoms with Crippen molar-refractivity contribution in [2.45, 2.75) is 38.7 Å². The second kappa shape index (κ2) is 4.56. The Morgan fingerprint density at radius 3 is 2.90 bits per heavy atom. The molecule has 0 saturated heterocycles. The van der Waals surface area contributed by atoms with E-state index in [1.807, 2.05) is 0 Å². The topological polar surface area (TPSA) is 96.1 Å². The summed E-state index contributed by atoms with van der Waals surface area (Å²) < 4.78 is 5.27. The quantitative estimate of drug-likeness (QED) is 0.701. The number of aromatic nitrogens is 2. The molecule has 1 aromatic rings. The van der Waals surface area contributed by atoms with Crippen molar-refractivity contribution in [1.29, 1.82) is 0 Å². The molecule has 0 radical (unpaired) electrons. The monoisotopic (exact) mass is 290 g/mol. The summed E-state index contributed by atoms with van der Waals surface area (Å²) in [6, 6.07) is 0. The number of nitrogens with one attached hydrogen (secondary N) is 3. The van der Waals surface area contributed by atoms with Crippen LogP contribution in [-0.4, -0.2) is 22.5 Å². The Balaban J connectivity index is 1.47. The van der Waals surface area contributed by atoms with Crippen LogP contribution < -0.4 is 16.4 Å². The summed E-state index contributed by atoms with van der Waals surface area (Å²) in [4.78, 5) is 31.2. The summed E-state index contributed by atoms with van der Waals surface area (Å²) in [5.41, 5.74) is 6.39. The van der Waals surface area contributed by atoms with Crippen molar-refractivity contribution in [3.05, 3.63) is 21.7 Å². The van der Waals surface area contributed by atoms with Crippen molar-refractivity contribution in [1.82, 2.24) is 15.4 Å². The minimum atomic E-state index is -0.337. The summed E-state index contributed by atoms with van der Waals surface area (Å²) in [6.07, 6.45) is 4.87. The second-order valence-corrected chi connectivity index (χ2v) is 6.15. The van der Waals surface area contributed by atoms with E-state index in [9.17, 15) is 9.59 Å². The van der Waals surface area contributed by atoms with Gasteiger partial charge in [0.15, 0.2) is 0 Å². The molecule has 112 valence electrons. The summed E-state index contributed by atoms with van der Waals surface area (Å²) in [7, 11) is 0. The van der Waals surface area contributed by atoms with E-state index >= 15 is 0 Å². The minimum Gasteiger partial charge on any atom is -0.375 e. The number of fused-ring (bicyclic) bond motifs is 1. The molecule has 0 bridgehead atoms. The number of hydrogen-bond acceptors (Lipinski definition) is 5. The summed E-state index contributed by atoms with van der Waals surface area (Å²) in [5.74, 6) is 0.675. The number of nitrogens with zero attached hydrogens (tertiary/aromatic N) is 1. The number of hydrazine groups is 1. The molecule has 3 aliphatic rings. The maximum absolute atomic E-state index is 12.2. The molecule has 0 unspecified atom stereocenters. The van der Waals surface area contributed by atoms with Crippen LogP contribution in [0.5, 0.6) is 0 Å². The van der Waals surface area contributed by atoms with E-state index in [4.69, 9.17) is 4.74 Å². The highest BCUT2D eigenvalue weighted by Crippen LogP contribution is 2.61. The summed E-state index contributed by atoms with van der Waals surface area (Å²) >= 11 is 0. The van der Waals surface area contributed by atoms with E-state index in [2.05, 4.69) is 20.8 Å². The van der Waals surface area contributed by atoms with Crippen LogP contribution in [0.1, 0.15) is 37.1 Å². The van der Waals surface area contributed by atoms with Crippen molar-refractivity contribution < 1.29 is 9.53 Å². The van der Waals surface area contributed by atoms with Gasteiger partial charge in [0.2, 0.25) is 11.7 Å². The number of hydrogen-bond donors (Lipinski definition) is 3. The highest BCUT2D eigenvalue weighted by atomic mass is 16.5. The Morgan fingerprint density at radius 2 is 2.19 bits per heavy atom. The number of anilines is 1. The van der Waals surface area contributed by atoms with E-state index in [1.165, 1.54) is 0 Å². The average molecular weight is 290 g/mol. The van der Waals surface area contributed by atoms with Crippen LogP contribution in [0.15, 0.2) is 4.79 Å². The van der Waals surface area contributed by atoms with Crippen molar-refractivity contribution >= 4 is 11.7 Å². The van der Waals surface area contributed by atoms with Gasteiger partial charge in [0.25, 0.3) is 5.56 Å². The van der Waals surface area contributed by atoms with Crippen molar-refractivity contribution in [2.24, 2.45) is 11.3 Å². The van der Waals surface area contributed by atoms with Crippen LogP contribution in [0.4, 0.5) is 5.82 Å². The fourth-order valence-corrected chi connectivity index (χ4v) is 3.11. The molecule has 21 heavy (non-hydrogen) atoms. The van der Waals surface area contributed by atoms with Gasteiger partial charge in [-0.2, -0.15) is 0 Å². The van der Waals surface area contributed by atoms with Crippen molar-refractivity contribution in [3.63, 3.8) is 0 Å². The van der Waals surface area contributed by atoms with Gasteiger partial charge in [-0.15, -0.1) is 0 Å². The smallest absolute Gasteiger partial charge is 0.292 e. The number of carbonyl (C=O) groups is 1. The SMILES string of the molecule is O=C(NNc1nc2c([nH]c1=O)COCC2)C1(C2CC2)CC1. The lowest BCUT2D eigenvalue weighted by molar-refractivity contribution is -0.126. The lowest BCUT2D eigenvalue weighted by Gasteiger charge is -2.18. The molecule has 1 amide bonds. The van der Waals surface area contributed by atoms with E-state index in [0.29, 0.717) is 25.6 Å². The van der Waals surface area contributed by atoms with E-state index < -0.39 is 0 Å². The molecule has 3 N–H and O–H groups in total. The second-order valence-electron chi connectivity index (χ2n) is 6.15. The Morgan fingerprint density at radius 1 is 1.38 bits per heavy atom. The first-order chi connectivity index (χ1) is 10.2. The maximum atomic E-state index is 12.2. The first-order valence-electron chi connectivity index (χ1n) is 7.45. The van der Waals surface area contributed by atoms with Gasteiger partial charge in [-0.3, -0.25) is 20.4 Å². The van der Waals surface area contributed by atoms with E-state index in [1.54, 1.807) is 0 Å². The molecular weight excluding hydrogens is 272 g/mol. The van der Waals surface area contributed by atoms with Gasteiger partial charge in [-0.1, -0.05) is 0 Å². The average Bonchev–Trinajstić information content (AvgIpc) is 3.37. The minimum absolute atomic E-state index is 0.00717. The number of aromatic amines is 1. The van der Waals surface area contributed by atoms with E-state index in [0.717, 1.165) is 37.1 Å². The van der Waals surface area contributed by atoms with Crippen LogP contribution >= 0.6 is 0 Å². The molecule has 0 spiro atoms. The lowest BCUT2D eigenvalue weighted by Crippen LogP contribution is -2.39. The molecule has 2 saturated carbocycles. The zero-order valence-electron chi connectivity index (χ0n) is 11.7. The number of rotatable bonds is 4. The Labute approximate surface area is 121 Å². The molecule has 7 nitrogen and oxygen atoms in total. The molecule has 1 aliphatic heterocycles. The van der Waals surface area contributed by atoms with Crippen molar-refractivity contribution in [2.75, 3.05) is 12.0 Å². The fraction of sp³-hybridized carbons (Fsp3) is 0.643. The number of H-pyrrole nitrogens is 1. The van der Waals surface area contributed by atoms with Gasteiger partial charge in [0.05, 0.1) is 30.0 Å². The first-order valence-corrected chi connectivity index (χ1v) is 7.45. The summed E-state index contributed by atoms with van der Waals surface area (Å²) in [6.45, 7) is 0.984. The van der Waals surface area contributed by atoms with Crippen LogP contribution in [0, 0.1) is 11.3 Å². The van der Waals surface area contributed by atoms with Crippen LogP contribution in [-0.2, 0) is 22.6 Å². The molecular formula is C14H18N4O3. The molecule has 1 aromatic heterocycles. The van der Waals surface area contributed by atoms with Gasteiger partial charge in [-0.25, -0.2) is 4.98 Å². The molecule has 0 atom stereocenters. The molecule has 4 rings (SSSR count). The Hall–Kier alpha value is -1.89. The van der Waals surface area contributed by atoms with Gasteiger partial charge in [0.1, 0.15) is 0 Å². The van der Waals surface area contributed by atoms with Gasteiger partial charge in [0, 0.05) is 6.42 Å². The largest absolute Gasteiger partial charge is 0.375 e. The zero-order chi connectivity index (χ0) is 14.4. The van der Waals surface area contributed by atoms with Gasteiger partial charge < -0.3 is 9.72 Å². The van der Waals surface area contributed by atoms with E-state index in [-0.39, 0.29) is 22.7 Å². The molecule has 0 aromatic carbocycles. The highest BCUT2D eigenvalue weighted by Gasteiger charge is 2.59. The van der Waals surface area contributed by atoms with Crippen LogP contribution in [0.3, 0.4) is 0 Å². The molecule has 2 aliphatic carbocycles. The number of ether oxygens (including phenoxy) is 1. The maximum Gasteiger partial charge on any atom is 0.292 e. The normalized spacial score (nSPS) is 22.3. The van der Waals surface area contributed by atoms with Crippen LogP contribution in [0.25, 0.3) is 0 Å². The third-order valence-electron chi connectivity index (χ3n) is 4.70. The van der Waals surface area contributed by atoms with Gasteiger partial charge >= 0.3 is 0 Å². The third kappa shape index (κ3) is 2.21. The lowest BCUT2D eigenvalue weighted by atomic mass is 10.0. The number of amides is 1. The predicted octanol–water partition coefficient (Wildman–Crippen LogP) is 0.476. The fourth-order valence-electron chi connectivity index (χ4n) is 3.11. The Bertz CT molecular complexity index is 646. The zero-order valence-corrected chi connectivity index (χ0v) is 11.7. The van der Waals surface area contributed by atoms with Gasteiger partial charge in [-0.05, 0) is 31.6 Å². The van der Waals surface area contributed by atoms with Crippen LogP contribution in [0.2, 0.25) is 0 Å². The third-order valence-corrected chi connectivity index (χ3v) is 4.70. The highest BCUT2D eigenvalue weighted by molar-refractivity contribution is 5.86. The first kappa shape index (κ1) is 12.8.